The van der Waals surface area contributed by atoms with Crippen molar-refractivity contribution < 1.29 is 18.3 Å². The summed E-state index contributed by atoms with van der Waals surface area (Å²) in [5.41, 5.74) is 0. The SMILES string of the molecule is COc1ccc(S(=O)(=O)N(CC(C)C)C(C)CO)cc1. The van der Waals surface area contributed by atoms with Gasteiger partial charge in [-0.2, -0.15) is 4.31 Å². The Bertz CT molecular complexity index is 510. The fraction of sp³-hybridized carbons (Fsp3) is 0.571. The van der Waals surface area contributed by atoms with E-state index >= 15 is 0 Å². The molecule has 5 nitrogen and oxygen atoms in total. The van der Waals surface area contributed by atoms with Gasteiger partial charge < -0.3 is 9.84 Å². The van der Waals surface area contributed by atoms with Gasteiger partial charge >= 0.3 is 0 Å². The number of ether oxygens (including phenoxy) is 1. The van der Waals surface area contributed by atoms with Gasteiger partial charge in [-0.25, -0.2) is 8.42 Å². The van der Waals surface area contributed by atoms with E-state index in [1.54, 1.807) is 19.1 Å². The molecule has 1 atom stereocenters. The Morgan fingerprint density at radius 3 is 2.15 bits per heavy atom. The minimum Gasteiger partial charge on any atom is -0.497 e. The van der Waals surface area contributed by atoms with Crippen molar-refractivity contribution in [2.24, 2.45) is 5.92 Å². The Kier molecular flexibility index (Phi) is 5.98. The van der Waals surface area contributed by atoms with Crippen LogP contribution in [0.3, 0.4) is 0 Å². The first-order chi connectivity index (χ1) is 9.32. The highest BCUT2D eigenvalue weighted by Crippen LogP contribution is 2.22. The molecule has 0 spiro atoms. The molecular weight excluding hydrogens is 278 g/mol. The van der Waals surface area contributed by atoms with Gasteiger partial charge in [-0.1, -0.05) is 13.8 Å². The first-order valence-electron chi connectivity index (χ1n) is 6.59. The van der Waals surface area contributed by atoms with Crippen molar-refractivity contribution in [2.45, 2.75) is 31.7 Å². The van der Waals surface area contributed by atoms with Crippen LogP contribution in [0.5, 0.6) is 5.75 Å². The van der Waals surface area contributed by atoms with Crippen molar-refractivity contribution in [3.05, 3.63) is 24.3 Å². The third-order valence-electron chi connectivity index (χ3n) is 2.97. The van der Waals surface area contributed by atoms with E-state index in [0.29, 0.717) is 12.3 Å². The molecule has 0 saturated carbocycles. The maximum Gasteiger partial charge on any atom is 0.243 e. The molecule has 20 heavy (non-hydrogen) atoms. The largest absolute Gasteiger partial charge is 0.497 e. The van der Waals surface area contributed by atoms with E-state index in [9.17, 15) is 13.5 Å². The second kappa shape index (κ2) is 7.06. The molecule has 0 heterocycles. The molecule has 1 rings (SSSR count). The highest BCUT2D eigenvalue weighted by molar-refractivity contribution is 7.89. The van der Waals surface area contributed by atoms with Crippen molar-refractivity contribution in [2.75, 3.05) is 20.3 Å². The van der Waals surface area contributed by atoms with Gasteiger partial charge in [0.05, 0.1) is 18.6 Å². The lowest BCUT2D eigenvalue weighted by Gasteiger charge is -2.28. The van der Waals surface area contributed by atoms with E-state index in [1.165, 1.54) is 23.5 Å². The van der Waals surface area contributed by atoms with Crippen molar-refractivity contribution in [1.29, 1.82) is 0 Å². The second-order valence-electron chi connectivity index (χ2n) is 5.18. The number of hydrogen-bond acceptors (Lipinski definition) is 4. The van der Waals surface area contributed by atoms with Gasteiger partial charge in [0.25, 0.3) is 0 Å². The Balaban J connectivity index is 3.14. The molecule has 1 N–H and O–H groups in total. The van der Waals surface area contributed by atoms with Gasteiger partial charge in [0.15, 0.2) is 0 Å². The minimum absolute atomic E-state index is 0.178. The minimum atomic E-state index is -3.61. The molecule has 0 radical (unpaired) electrons. The van der Waals surface area contributed by atoms with Crippen LogP contribution in [0.25, 0.3) is 0 Å². The molecular formula is C14H23NO4S. The zero-order chi connectivity index (χ0) is 15.3. The third kappa shape index (κ3) is 3.94. The topological polar surface area (TPSA) is 66.8 Å². The van der Waals surface area contributed by atoms with Crippen LogP contribution in [0.1, 0.15) is 20.8 Å². The van der Waals surface area contributed by atoms with E-state index in [1.807, 2.05) is 13.8 Å². The molecule has 0 amide bonds. The lowest BCUT2D eigenvalue weighted by atomic mass is 10.2. The lowest BCUT2D eigenvalue weighted by Crippen LogP contribution is -2.42. The summed E-state index contributed by atoms with van der Waals surface area (Å²) >= 11 is 0. The van der Waals surface area contributed by atoms with Crippen molar-refractivity contribution in [1.82, 2.24) is 4.31 Å². The van der Waals surface area contributed by atoms with Crippen LogP contribution in [-0.2, 0) is 10.0 Å². The van der Waals surface area contributed by atoms with Crippen LogP contribution in [0, 0.1) is 5.92 Å². The molecule has 1 unspecified atom stereocenters. The highest BCUT2D eigenvalue weighted by atomic mass is 32.2. The standard InChI is InChI=1S/C14H23NO4S/c1-11(2)9-15(12(3)10-16)20(17,18)14-7-5-13(19-4)6-8-14/h5-8,11-12,16H,9-10H2,1-4H3. The normalized spacial score (nSPS) is 13.8. The third-order valence-corrected chi connectivity index (χ3v) is 4.96. The van der Waals surface area contributed by atoms with Crippen LogP contribution in [0.15, 0.2) is 29.2 Å². The Morgan fingerprint density at radius 2 is 1.75 bits per heavy atom. The molecule has 1 aromatic carbocycles. The van der Waals surface area contributed by atoms with E-state index in [0.717, 1.165) is 0 Å². The van der Waals surface area contributed by atoms with Gasteiger partial charge in [-0.05, 0) is 37.1 Å². The summed E-state index contributed by atoms with van der Waals surface area (Å²) in [6, 6.07) is 5.81. The van der Waals surface area contributed by atoms with Crippen LogP contribution < -0.4 is 4.74 Å². The van der Waals surface area contributed by atoms with Crippen molar-refractivity contribution in [3.8, 4) is 5.75 Å². The number of sulfonamides is 1. The summed E-state index contributed by atoms with van der Waals surface area (Å²) in [6.45, 7) is 5.75. The molecule has 0 bridgehead atoms. The van der Waals surface area contributed by atoms with Crippen LogP contribution in [0.2, 0.25) is 0 Å². The molecule has 0 saturated heterocycles. The van der Waals surface area contributed by atoms with Gasteiger partial charge in [0, 0.05) is 12.6 Å². The molecule has 0 aliphatic heterocycles. The van der Waals surface area contributed by atoms with Crippen LogP contribution in [-0.4, -0.2) is 44.1 Å². The number of aliphatic hydroxyl groups excluding tert-OH is 1. The highest BCUT2D eigenvalue weighted by Gasteiger charge is 2.29. The average molecular weight is 301 g/mol. The summed E-state index contributed by atoms with van der Waals surface area (Å²) in [5, 5.41) is 9.28. The van der Waals surface area contributed by atoms with E-state index in [2.05, 4.69) is 0 Å². The summed E-state index contributed by atoms with van der Waals surface area (Å²) in [4.78, 5) is 0.208. The molecule has 6 heteroatoms. The number of methoxy groups -OCH3 is 1. The number of benzene rings is 1. The predicted molar refractivity (Wildman–Crippen MR) is 78.3 cm³/mol. The molecule has 114 valence electrons. The van der Waals surface area contributed by atoms with E-state index < -0.39 is 16.1 Å². The zero-order valence-electron chi connectivity index (χ0n) is 12.4. The maximum atomic E-state index is 12.6. The quantitative estimate of drug-likeness (QED) is 0.833. The monoisotopic (exact) mass is 301 g/mol. The van der Waals surface area contributed by atoms with Gasteiger partial charge in [-0.3, -0.25) is 0 Å². The van der Waals surface area contributed by atoms with Gasteiger partial charge in [0.1, 0.15) is 5.75 Å². The van der Waals surface area contributed by atoms with Crippen molar-refractivity contribution in [3.63, 3.8) is 0 Å². The van der Waals surface area contributed by atoms with E-state index in [-0.39, 0.29) is 17.4 Å². The van der Waals surface area contributed by atoms with Crippen LogP contribution >= 0.6 is 0 Å². The summed E-state index contributed by atoms with van der Waals surface area (Å²) < 4.78 is 31.7. The predicted octanol–water partition coefficient (Wildman–Crippen LogP) is 1.72. The fourth-order valence-corrected chi connectivity index (χ4v) is 3.63. The lowest BCUT2D eigenvalue weighted by molar-refractivity contribution is 0.189. The molecule has 0 fully saturated rings. The molecule has 1 aromatic rings. The first-order valence-corrected chi connectivity index (χ1v) is 8.03. The zero-order valence-corrected chi connectivity index (χ0v) is 13.2. The van der Waals surface area contributed by atoms with Crippen LogP contribution in [0.4, 0.5) is 0 Å². The Labute approximate surface area is 121 Å². The number of aliphatic hydroxyl groups is 1. The molecule has 0 aliphatic rings. The smallest absolute Gasteiger partial charge is 0.243 e. The van der Waals surface area contributed by atoms with Gasteiger partial charge in [-0.15, -0.1) is 0 Å². The number of rotatable bonds is 7. The van der Waals surface area contributed by atoms with Crippen molar-refractivity contribution >= 4 is 10.0 Å². The summed E-state index contributed by atoms with van der Waals surface area (Å²) in [5.74, 6) is 0.784. The van der Waals surface area contributed by atoms with Gasteiger partial charge in [0.2, 0.25) is 10.0 Å². The summed E-state index contributed by atoms with van der Waals surface area (Å²) in [6.07, 6.45) is 0. The Morgan fingerprint density at radius 1 is 1.20 bits per heavy atom. The molecule has 0 aromatic heterocycles. The number of nitrogens with zero attached hydrogens (tertiary/aromatic N) is 1. The first kappa shape index (κ1) is 16.9. The number of hydrogen-bond donors (Lipinski definition) is 1. The Hall–Kier alpha value is -1.11. The second-order valence-corrected chi connectivity index (χ2v) is 7.07. The van der Waals surface area contributed by atoms with E-state index in [4.69, 9.17) is 4.74 Å². The molecule has 0 aliphatic carbocycles. The fourth-order valence-electron chi connectivity index (χ4n) is 1.85. The summed E-state index contributed by atoms with van der Waals surface area (Å²) in [7, 11) is -2.08. The average Bonchev–Trinajstić information content (AvgIpc) is 2.43. The maximum absolute atomic E-state index is 12.6.